The number of halogens is 3. The van der Waals surface area contributed by atoms with Crippen molar-refractivity contribution in [1.29, 1.82) is 0 Å². The van der Waals surface area contributed by atoms with Crippen molar-refractivity contribution in [3.63, 3.8) is 0 Å². The van der Waals surface area contributed by atoms with Gasteiger partial charge in [0.2, 0.25) is 0 Å². The molecule has 18 heavy (non-hydrogen) atoms. The fourth-order valence-corrected chi connectivity index (χ4v) is 1.89. The Kier molecular flexibility index (Phi) is 6.21. The van der Waals surface area contributed by atoms with Gasteiger partial charge in [-0.2, -0.15) is 0 Å². The quantitative estimate of drug-likeness (QED) is 0.753. The van der Waals surface area contributed by atoms with Gasteiger partial charge in [0.05, 0.1) is 12.2 Å². The predicted molar refractivity (Wildman–Crippen MR) is 67.9 cm³/mol. The van der Waals surface area contributed by atoms with Crippen LogP contribution in [0.5, 0.6) is 0 Å². The Bertz CT molecular complexity index is 415. The van der Waals surface area contributed by atoms with Crippen LogP contribution in [-0.2, 0) is 4.74 Å². The number of benzene rings is 1. The largest absolute Gasteiger partial charge is 0.383 e. The molecule has 0 saturated carbocycles. The van der Waals surface area contributed by atoms with Crippen LogP contribution in [0.4, 0.5) is 8.78 Å². The van der Waals surface area contributed by atoms with Gasteiger partial charge in [-0.1, -0.05) is 22.0 Å². The van der Waals surface area contributed by atoms with Crippen molar-refractivity contribution in [2.75, 3.05) is 32.1 Å². The summed E-state index contributed by atoms with van der Waals surface area (Å²) in [5.74, 6) is -2.67. The molecule has 3 nitrogen and oxygen atoms in total. The number of ether oxygens (including phenoxy) is 1. The minimum absolute atomic E-state index is 0.257. The highest BCUT2D eigenvalue weighted by Gasteiger charge is 2.20. The van der Waals surface area contributed by atoms with Crippen LogP contribution >= 0.6 is 15.9 Å². The van der Waals surface area contributed by atoms with Crippen LogP contribution in [-0.4, -0.2) is 42.9 Å². The monoisotopic (exact) mass is 321 g/mol. The number of hydrogen-bond acceptors (Lipinski definition) is 2. The summed E-state index contributed by atoms with van der Waals surface area (Å²) >= 11 is 3.21. The Hall–Kier alpha value is -1.01. The van der Waals surface area contributed by atoms with Crippen molar-refractivity contribution in [1.82, 2.24) is 4.90 Å². The molecule has 100 valence electrons. The smallest absolute Gasteiger partial charge is 0.257 e. The van der Waals surface area contributed by atoms with E-state index < -0.39 is 17.5 Å². The number of nitrogens with zero attached hydrogens (tertiary/aromatic N) is 1. The summed E-state index contributed by atoms with van der Waals surface area (Å²) in [7, 11) is 1.51. The fraction of sp³-hybridized carbons (Fsp3) is 0.417. The summed E-state index contributed by atoms with van der Waals surface area (Å²) in [6, 6.07) is 3.57. The summed E-state index contributed by atoms with van der Waals surface area (Å²) in [4.78, 5) is 13.5. The molecule has 0 saturated heterocycles. The van der Waals surface area contributed by atoms with Gasteiger partial charge in [-0.25, -0.2) is 8.78 Å². The maximum atomic E-state index is 13.5. The molecule has 1 aromatic carbocycles. The zero-order valence-electron chi connectivity index (χ0n) is 9.96. The topological polar surface area (TPSA) is 29.5 Å². The lowest BCUT2D eigenvalue weighted by molar-refractivity contribution is 0.0703. The van der Waals surface area contributed by atoms with Gasteiger partial charge in [0.25, 0.3) is 5.91 Å². The van der Waals surface area contributed by atoms with Crippen LogP contribution < -0.4 is 0 Å². The number of carbonyl (C=O) groups is 1. The van der Waals surface area contributed by atoms with Crippen LogP contribution in [0.25, 0.3) is 0 Å². The highest BCUT2D eigenvalue weighted by Crippen LogP contribution is 2.14. The molecule has 0 bridgehead atoms. The summed E-state index contributed by atoms with van der Waals surface area (Å²) < 4.78 is 31.5. The number of rotatable bonds is 6. The SMILES string of the molecule is COCCN(CCBr)C(=O)c1cccc(F)c1F. The van der Waals surface area contributed by atoms with Gasteiger partial charge in [0.1, 0.15) is 0 Å². The van der Waals surface area contributed by atoms with Crippen LogP contribution in [0.3, 0.4) is 0 Å². The van der Waals surface area contributed by atoms with Crippen LogP contribution in [0, 0.1) is 11.6 Å². The first-order valence-electron chi connectivity index (χ1n) is 5.40. The van der Waals surface area contributed by atoms with Crippen molar-refractivity contribution < 1.29 is 18.3 Å². The molecular weight excluding hydrogens is 308 g/mol. The summed E-state index contributed by atoms with van der Waals surface area (Å²) in [6.07, 6.45) is 0. The number of carbonyl (C=O) groups excluding carboxylic acids is 1. The second-order valence-corrected chi connectivity index (χ2v) is 4.37. The third-order valence-electron chi connectivity index (χ3n) is 2.39. The van der Waals surface area contributed by atoms with E-state index in [-0.39, 0.29) is 5.56 Å². The average molecular weight is 322 g/mol. The lowest BCUT2D eigenvalue weighted by atomic mass is 10.1. The first-order chi connectivity index (χ1) is 8.61. The molecule has 0 fully saturated rings. The molecule has 0 aliphatic heterocycles. The first kappa shape index (κ1) is 15.0. The summed E-state index contributed by atoms with van der Waals surface area (Å²) in [6.45, 7) is 1.07. The maximum absolute atomic E-state index is 13.5. The zero-order valence-corrected chi connectivity index (χ0v) is 11.5. The molecular formula is C12H14BrF2NO2. The van der Waals surface area contributed by atoms with Gasteiger partial charge in [-0.3, -0.25) is 4.79 Å². The molecule has 1 rings (SSSR count). The standard InChI is InChI=1S/C12H14BrF2NO2/c1-18-8-7-16(6-5-13)12(17)9-3-2-4-10(14)11(9)15/h2-4H,5-8H2,1H3. The van der Waals surface area contributed by atoms with Crippen molar-refractivity contribution >= 4 is 21.8 Å². The van der Waals surface area contributed by atoms with Gasteiger partial charge in [-0.15, -0.1) is 0 Å². The first-order valence-corrected chi connectivity index (χ1v) is 6.52. The Labute approximate surface area is 113 Å². The van der Waals surface area contributed by atoms with Crippen LogP contribution in [0.1, 0.15) is 10.4 Å². The molecule has 0 aliphatic carbocycles. The minimum Gasteiger partial charge on any atom is -0.383 e. The zero-order chi connectivity index (χ0) is 13.5. The summed E-state index contributed by atoms with van der Waals surface area (Å²) in [5.41, 5.74) is -0.257. The van der Waals surface area contributed by atoms with Crippen LogP contribution in [0.2, 0.25) is 0 Å². The van der Waals surface area contributed by atoms with Gasteiger partial charge >= 0.3 is 0 Å². The Balaban J connectivity index is 2.90. The molecule has 1 aromatic rings. The highest BCUT2D eigenvalue weighted by atomic mass is 79.9. The van der Waals surface area contributed by atoms with Gasteiger partial charge in [0.15, 0.2) is 11.6 Å². The van der Waals surface area contributed by atoms with Crippen molar-refractivity contribution in [3.8, 4) is 0 Å². The molecule has 0 radical (unpaired) electrons. The van der Waals surface area contributed by atoms with E-state index in [1.165, 1.54) is 24.1 Å². The third-order valence-corrected chi connectivity index (χ3v) is 2.74. The van der Waals surface area contributed by atoms with E-state index in [9.17, 15) is 13.6 Å². The fourth-order valence-electron chi connectivity index (χ4n) is 1.46. The Morgan fingerprint density at radius 1 is 1.39 bits per heavy atom. The average Bonchev–Trinajstić information content (AvgIpc) is 2.37. The molecule has 0 heterocycles. The van der Waals surface area contributed by atoms with E-state index in [0.29, 0.717) is 25.0 Å². The van der Waals surface area contributed by atoms with Crippen molar-refractivity contribution in [2.24, 2.45) is 0 Å². The number of hydrogen-bond donors (Lipinski definition) is 0. The second kappa shape index (κ2) is 7.43. The van der Waals surface area contributed by atoms with E-state index in [1.807, 2.05) is 0 Å². The number of amides is 1. The van der Waals surface area contributed by atoms with E-state index in [2.05, 4.69) is 15.9 Å². The maximum Gasteiger partial charge on any atom is 0.257 e. The van der Waals surface area contributed by atoms with E-state index >= 15 is 0 Å². The molecule has 0 aliphatic rings. The molecule has 6 heteroatoms. The highest BCUT2D eigenvalue weighted by molar-refractivity contribution is 9.09. The molecule has 0 atom stereocenters. The second-order valence-electron chi connectivity index (χ2n) is 3.58. The molecule has 0 N–H and O–H groups in total. The number of methoxy groups -OCH3 is 1. The van der Waals surface area contributed by atoms with Gasteiger partial charge in [-0.05, 0) is 12.1 Å². The van der Waals surface area contributed by atoms with Crippen molar-refractivity contribution in [2.45, 2.75) is 0 Å². The van der Waals surface area contributed by atoms with E-state index in [1.54, 1.807) is 0 Å². The Morgan fingerprint density at radius 2 is 2.11 bits per heavy atom. The normalized spacial score (nSPS) is 10.4. The lowest BCUT2D eigenvalue weighted by Gasteiger charge is -2.21. The third kappa shape index (κ3) is 3.74. The van der Waals surface area contributed by atoms with Gasteiger partial charge in [0, 0.05) is 25.5 Å². The molecule has 0 unspecified atom stereocenters. The lowest BCUT2D eigenvalue weighted by Crippen LogP contribution is -2.36. The van der Waals surface area contributed by atoms with E-state index in [4.69, 9.17) is 4.74 Å². The van der Waals surface area contributed by atoms with Crippen molar-refractivity contribution in [3.05, 3.63) is 35.4 Å². The van der Waals surface area contributed by atoms with Crippen LogP contribution in [0.15, 0.2) is 18.2 Å². The molecule has 1 amide bonds. The van der Waals surface area contributed by atoms with E-state index in [0.717, 1.165) is 6.07 Å². The number of alkyl halides is 1. The minimum atomic E-state index is -1.11. The molecule has 0 aromatic heterocycles. The summed E-state index contributed by atoms with van der Waals surface area (Å²) in [5, 5.41) is 0.555. The Morgan fingerprint density at radius 3 is 2.72 bits per heavy atom. The molecule has 0 spiro atoms. The predicted octanol–water partition coefficient (Wildman–Crippen LogP) is 2.45. The van der Waals surface area contributed by atoms with Gasteiger partial charge < -0.3 is 9.64 Å².